The molecule has 0 N–H and O–H groups in total. The van der Waals surface area contributed by atoms with Gasteiger partial charge in [-0.3, -0.25) is 0 Å². The number of allylic oxidation sites excluding steroid dienone is 2. The SMILES string of the molecule is [SiH3]C(C1C=Cc2ccccc21)C1C=Cc2ccccc21. The van der Waals surface area contributed by atoms with Crippen molar-refractivity contribution in [3.8, 4) is 0 Å². The molecule has 2 unspecified atom stereocenters. The third kappa shape index (κ3) is 1.74. The first-order valence-corrected chi connectivity index (χ1v) is 8.54. The summed E-state index contributed by atoms with van der Waals surface area (Å²) in [4.78, 5) is 0. The quantitative estimate of drug-likeness (QED) is 0.732. The molecule has 0 aromatic heterocycles. The lowest BCUT2D eigenvalue weighted by Crippen LogP contribution is -2.11. The molecule has 0 saturated heterocycles. The monoisotopic (exact) mass is 274 g/mol. The highest BCUT2D eigenvalue weighted by Crippen LogP contribution is 2.47. The maximum atomic E-state index is 2.41. The van der Waals surface area contributed by atoms with Crippen molar-refractivity contribution in [3.63, 3.8) is 0 Å². The molecule has 0 heterocycles. The Hall–Kier alpha value is -1.86. The van der Waals surface area contributed by atoms with Gasteiger partial charge in [0, 0.05) is 22.1 Å². The Morgan fingerprint density at radius 2 is 1.15 bits per heavy atom. The van der Waals surface area contributed by atoms with Crippen molar-refractivity contribution < 1.29 is 0 Å². The fraction of sp³-hybridized carbons (Fsp3) is 0.158. The van der Waals surface area contributed by atoms with Gasteiger partial charge >= 0.3 is 0 Å². The van der Waals surface area contributed by atoms with Gasteiger partial charge in [-0.2, -0.15) is 0 Å². The molecule has 0 aliphatic heterocycles. The summed E-state index contributed by atoms with van der Waals surface area (Å²) in [5, 5.41) is 0. The van der Waals surface area contributed by atoms with E-state index in [4.69, 9.17) is 0 Å². The molecule has 2 aliphatic carbocycles. The van der Waals surface area contributed by atoms with Gasteiger partial charge in [0.15, 0.2) is 0 Å². The molecule has 2 aromatic rings. The van der Waals surface area contributed by atoms with Crippen LogP contribution in [-0.2, 0) is 0 Å². The highest BCUT2D eigenvalue weighted by molar-refractivity contribution is 6.13. The first-order valence-electron chi connectivity index (χ1n) is 7.39. The molecule has 2 aliphatic rings. The molecule has 98 valence electrons. The van der Waals surface area contributed by atoms with Crippen LogP contribution in [0.2, 0.25) is 5.54 Å². The van der Waals surface area contributed by atoms with Gasteiger partial charge in [-0.15, -0.1) is 0 Å². The Morgan fingerprint density at radius 3 is 1.65 bits per heavy atom. The van der Waals surface area contributed by atoms with E-state index in [1.807, 2.05) is 0 Å². The number of hydrogen-bond acceptors (Lipinski definition) is 0. The van der Waals surface area contributed by atoms with Crippen LogP contribution in [0.25, 0.3) is 12.2 Å². The van der Waals surface area contributed by atoms with Crippen molar-refractivity contribution in [3.05, 3.63) is 82.9 Å². The lowest BCUT2D eigenvalue weighted by Gasteiger charge is -2.25. The summed E-state index contributed by atoms with van der Waals surface area (Å²) in [6.07, 6.45) is 9.43. The van der Waals surface area contributed by atoms with Crippen LogP contribution in [0.1, 0.15) is 34.1 Å². The first-order chi connectivity index (χ1) is 9.84. The molecule has 0 amide bonds. The third-order valence-electron chi connectivity index (χ3n) is 4.81. The molecular formula is C19H18Si. The van der Waals surface area contributed by atoms with Gasteiger partial charge in [0.05, 0.1) is 0 Å². The normalized spacial score (nSPS) is 23.8. The van der Waals surface area contributed by atoms with Crippen molar-refractivity contribution in [1.82, 2.24) is 0 Å². The fourth-order valence-corrected chi connectivity index (χ4v) is 4.86. The van der Waals surface area contributed by atoms with E-state index in [1.165, 1.54) is 32.5 Å². The van der Waals surface area contributed by atoms with Gasteiger partial charge in [-0.1, -0.05) is 72.8 Å². The molecule has 20 heavy (non-hydrogen) atoms. The molecule has 0 radical (unpaired) electrons. The van der Waals surface area contributed by atoms with Gasteiger partial charge in [0.2, 0.25) is 0 Å². The number of hydrogen-bond donors (Lipinski definition) is 0. The Labute approximate surface area is 123 Å². The van der Waals surface area contributed by atoms with Gasteiger partial charge in [-0.05, 0) is 27.8 Å². The highest BCUT2D eigenvalue weighted by atomic mass is 28.1. The average Bonchev–Trinajstić information content (AvgIpc) is 3.11. The maximum Gasteiger partial charge on any atom is 0.00908 e. The zero-order chi connectivity index (χ0) is 13.5. The van der Waals surface area contributed by atoms with Crippen molar-refractivity contribution in [2.45, 2.75) is 17.4 Å². The smallest absolute Gasteiger partial charge is 0.00908 e. The van der Waals surface area contributed by atoms with Crippen LogP contribution < -0.4 is 0 Å². The summed E-state index contributed by atoms with van der Waals surface area (Å²) >= 11 is 0. The third-order valence-corrected chi connectivity index (χ3v) is 6.25. The molecule has 0 bridgehead atoms. The van der Waals surface area contributed by atoms with Crippen LogP contribution in [0.4, 0.5) is 0 Å². The van der Waals surface area contributed by atoms with E-state index in [1.54, 1.807) is 0 Å². The van der Waals surface area contributed by atoms with Gasteiger partial charge in [0.25, 0.3) is 0 Å². The van der Waals surface area contributed by atoms with E-state index in [0.717, 1.165) is 5.54 Å². The predicted molar refractivity (Wildman–Crippen MR) is 90.1 cm³/mol. The number of fused-ring (bicyclic) bond motifs is 2. The second-order valence-electron chi connectivity index (χ2n) is 5.89. The van der Waals surface area contributed by atoms with E-state index < -0.39 is 0 Å². The van der Waals surface area contributed by atoms with Gasteiger partial charge in [0.1, 0.15) is 0 Å². The highest BCUT2D eigenvalue weighted by Gasteiger charge is 2.30. The van der Waals surface area contributed by atoms with Crippen molar-refractivity contribution in [2.75, 3.05) is 0 Å². The standard InChI is InChI=1S/C19H18Si/c20-19(17-11-9-13-5-1-3-7-15(13)17)18-12-10-14-6-2-4-8-16(14)18/h1-12,17-19H,20H3. The van der Waals surface area contributed by atoms with Crippen molar-refractivity contribution in [2.24, 2.45) is 0 Å². The second kappa shape index (κ2) is 4.60. The minimum absolute atomic E-state index is 0.596. The lowest BCUT2D eigenvalue weighted by atomic mass is 9.86. The Balaban J connectivity index is 1.69. The van der Waals surface area contributed by atoms with E-state index in [2.05, 4.69) is 72.8 Å². The minimum Gasteiger partial charge on any atom is -0.0764 e. The van der Waals surface area contributed by atoms with Gasteiger partial charge in [-0.25, -0.2) is 0 Å². The van der Waals surface area contributed by atoms with Crippen molar-refractivity contribution in [1.29, 1.82) is 0 Å². The molecule has 0 fully saturated rings. The number of benzene rings is 2. The average molecular weight is 274 g/mol. The van der Waals surface area contributed by atoms with E-state index >= 15 is 0 Å². The zero-order valence-electron chi connectivity index (χ0n) is 11.7. The van der Waals surface area contributed by atoms with Crippen LogP contribution in [0, 0.1) is 0 Å². The van der Waals surface area contributed by atoms with E-state index in [-0.39, 0.29) is 0 Å². The summed E-state index contributed by atoms with van der Waals surface area (Å²) in [6, 6.07) is 17.7. The van der Waals surface area contributed by atoms with Gasteiger partial charge < -0.3 is 0 Å². The topological polar surface area (TPSA) is 0 Å². The van der Waals surface area contributed by atoms with Crippen molar-refractivity contribution >= 4 is 22.4 Å². The minimum atomic E-state index is 0.596. The summed E-state index contributed by atoms with van der Waals surface area (Å²) in [5.74, 6) is 1.19. The van der Waals surface area contributed by atoms with E-state index in [0.29, 0.717) is 11.8 Å². The van der Waals surface area contributed by atoms with Crippen LogP contribution >= 0.6 is 0 Å². The molecule has 0 spiro atoms. The molecule has 2 atom stereocenters. The predicted octanol–water partition coefficient (Wildman–Crippen LogP) is 3.76. The zero-order valence-corrected chi connectivity index (χ0v) is 13.7. The first kappa shape index (κ1) is 11.9. The summed E-state index contributed by atoms with van der Waals surface area (Å²) < 4.78 is 0. The lowest BCUT2D eigenvalue weighted by molar-refractivity contribution is 0.684. The number of rotatable bonds is 2. The maximum absolute atomic E-state index is 2.41. The summed E-state index contributed by atoms with van der Waals surface area (Å²) in [5.41, 5.74) is 6.59. The Kier molecular flexibility index (Phi) is 2.74. The van der Waals surface area contributed by atoms with Crippen LogP contribution in [0.3, 0.4) is 0 Å². The summed E-state index contributed by atoms with van der Waals surface area (Å²) in [6.45, 7) is 0. The van der Waals surface area contributed by atoms with Crippen LogP contribution in [-0.4, -0.2) is 10.2 Å². The van der Waals surface area contributed by atoms with Crippen LogP contribution in [0.15, 0.2) is 60.7 Å². The Bertz CT molecular complexity index is 650. The molecule has 2 aromatic carbocycles. The second-order valence-corrected chi connectivity index (χ2v) is 7.22. The molecule has 0 saturated carbocycles. The summed E-state index contributed by atoms with van der Waals surface area (Å²) in [7, 11) is 1.21. The fourth-order valence-electron chi connectivity index (χ4n) is 3.69. The van der Waals surface area contributed by atoms with E-state index in [9.17, 15) is 0 Å². The molecule has 0 nitrogen and oxygen atoms in total. The molecular weight excluding hydrogens is 256 g/mol. The molecule has 4 rings (SSSR count). The largest absolute Gasteiger partial charge is 0.0764 e. The molecule has 1 heteroatoms. The Morgan fingerprint density at radius 1 is 0.700 bits per heavy atom. The van der Waals surface area contributed by atoms with Crippen LogP contribution in [0.5, 0.6) is 0 Å².